The molecule has 1 aromatic heterocycles. The number of aliphatic hydroxyl groups is 1. The van der Waals surface area contributed by atoms with E-state index in [4.69, 9.17) is 0 Å². The Labute approximate surface area is 168 Å². The predicted octanol–water partition coefficient (Wildman–Crippen LogP) is 2.59. The van der Waals surface area contributed by atoms with Crippen molar-refractivity contribution in [2.75, 3.05) is 6.54 Å². The number of carbonyl (C=O) groups is 1. The highest BCUT2D eigenvalue weighted by molar-refractivity contribution is 5.95. The number of amides is 1. The number of pyridine rings is 1. The summed E-state index contributed by atoms with van der Waals surface area (Å²) in [6.45, 7) is 0.0993. The van der Waals surface area contributed by atoms with E-state index < -0.39 is 6.10 Å². The minimum Gasteiger partial charge on any atom is -0.508 e. The molecule has 0 spiro atoms. The molecule has 3 N–H and O–H groups in total. The number of aromatic hydroxyl groups is 1. The quantitative estimate of drug-likeness (QED) is 0.627. The molecule has 2 atom stereocenters. The number of fused-ring (bicyclic) bond motifs is 1. The van der Waals surface area contributed by atoms with Crippen LogP contribution < -0.4 is 5.32 Å². The van der Waals surface area contributed by atoms with Crippen LogP contribution in [-0.2, 0) is 6.42 Å². The lowest BCUT2D eigenvalue weighted by molar-refractivity contribution is 0.0897. The van der Waals surface area contributed by atoms with Crippen molar-refractivity contribution in [3.05, 3.63) is 83.6 Å². The zero-order chi connectivity index (χ0) is 20.2. The lowest BCUT2D eigenvalue weighted by Crippen LogP contribution is -2.40. The number of hydrogen-bond donors (Lipinski definition) is 3. The molecule has 0 radical (unpaired) electrons. The van der Waals surface area contributed by atoms with Crippen LogP contribution in [0.2, 0.25) is 0 Å². The first-order valence-corrected chi connectivity index (χ1v) is 9.43. The monoisotopic (exact) mass is 387 g/mol. The number of carbonyl (C=O) groups excluding carboxylic acids is 1. The van der Waals surface area contributed by atoms with Crippen LogP contribution in [0.4, 0.5) is 0 Å². The molecule has 2 heterocycles. The van der Waals surface area contributed by atoms with Crippen molar-refractivity contribution in [2.45, 2.75) is 18.6 Å². The van der Waals surface area contributed by atoms with Gasteiger partial charge in [-0.05, 0) is 53.9 Å². The van der Waals surface area contributed by atoms with Gasteiger partial charge in [0.1, 0.15) is 5.75 Å². The Balaban J connectivity index is 1.38. The van der Waals surface area contributed by atoms with Gasteiger partial charge < -0.3 is 15.5 Å². The third-order valence-corrected chi connectivity index (χ3v) is 4.96. The zero-order valence-electron chi connectivity index (χ0n) is 15.7. The summed E-state index contributed by atoms with van der Waals surface area (Å²) < 4.78 is 0. The number of hydrogen-bond acceptors (Lipinski definition) is 5. The molecule has 29 heavy (non-hydrogen) atoms. The van der Waals surface area contributed by atoms with Crippen LogP contribution in [0, 0.1) is 0 Å². The molecular weight excluding hydrogens is 366 g/mol. The maximum absolute atomic E-state index is 12.5. The molecule has 0 fully saturated rings. The van der Waals surface area contributed by atoms with E-state index in [0.29, 0.717) is 12.0 Å². The third kappa shape index (κ3) is 4.33. The smallest absolute Gasteiger partial charge is 0.251 e. The summed E-state index contributed by atoms with van der Waals surface area (Å²) in [4.78, 5) is 21.2. The second-order valence-electron chi connectivity index (χ2n) is 7.01. The molecule has 6 heteroatoms. The van der Waals surface area contributed by atoms with Gasteiger partial charge in [-0.2, -0.15) is 0 Å². The Morgan fingerprint density at radius 1 is 1.14 bits per heavy atom. The van der Waals surface area contributed by atoms with Crippen LogP contribution in [0.5, 0.6) is 5.75 Å². The molecule has 0 aliphatic carbocycles. The van der Waals surface area contributed by atoms with Crippen molar-refractivity contribution < 1.29 is 15.0 Å². The van der Waals surface area contributed by atoms with Crippen molar-refractivity contribution in [1.82, 2.24) is 10.3 Å². The van der Waals surface area contributed by atoms with Crippen molar-refractivity contribution in [3.63, 3.8) is 0 Å². The molecule has 0 saturated heterocycles. The number of phenolic OH excluding ortho intramolecular Hbond substituents is 1. The second-order valence-corrected chi connectivity index (χ2v) is 7.01. The van der Waals surface area contributed by atoms with E-state index in [1.54, 1.807) is 36.7 Å². The molecule has 1 aliphatic heterocycles. The number of nitrogens with one attached hydrogen (secondary N) is 1. The van der Waals surface area contributed by atoms with E-state index in [1.807, 2.05) is 36.4 Å². The molecule has 1 aliphatic rings. The number of aliphatic hydroxyl groups excluding tert-OH is 1. The minimum atomic E-state index is -0.809. The molecule has 3 aromatic rings. The first-order chi connectivity index (χ1) is 14.1. The van der Waals surface area contributed by atoms with Gasteiger partial charge in [0.15, 0.2) is 0 Å². The lowest BCUT2D eigenvalue weighted by atomic mass is 9.95. The van der Waals surface area contributed by atoms with Crippen LogP contribution in [0.15, 0.2) is 71.9 Å². The number of rotatable bonds is 5. The van der Waals surface area contributed by atoms with Crippen LogP contribution >= 0.6 is 0 Å². The summed E-state index contributed by atoms with van der Waals surface area (Å²) in [5.41, 5.74) is 4.02. The Bertz CT molecular complexity index is 1050. The number of phenols is 1. The molecular formula is C23H21N3O3. The van der Waals surface area contributed by atoms with Gasteiger partial charge in [0.25, 0.3) is 5.91 Å². The molecule has 146 valence electrons. The molecule has 2 aromatic carbocycles. The highest BCUT2D eigenvalue weighted by Gasteiger charge is 2.23. The fourth-order valence-electron chi connectivity index (χ4n) is 3.37. The highest BCUT2D eigenvalue weighted by atomic mass is 16.3. The minimum absolute atomic E-state index is 0.0993. The van der Waals surface area contributed by atoms with E-state index in [2.05, 4.69) is 15.3 Å². The molecule has 6 nitrogen and oxygen atoms in total. The number of nitrogens with zero attached hydrogens (tertiary/aromatic N) is 2. The first-order valence-electron chi connectivity index (χ1n) is 9.43. The number of aromatic nitrogens is 1. The Morgan fingerprint density at radius 3 is 2.86 bits per heavy atom. The van der Waals surface area contributed by atoms with Gasteiger partial charge in [0.05, 0.1) is 17.8 Å². The summed E-state index contributed by atoms with van der Waals surface area (Å²) >= 11 is 0. The molecule has 0 saturated carbocycles. The number of aliphatic imine (C=N–C) groups is 1. The average molecular weight is 387 g/mol. The molecule has 0 bridgehead atoms. The summed E-state index contributed by atoms with van der Waals surface area (Å²) in [7, 11) is 0. The van der Waals surface area contributed by atoms with Gasteiger partial charge in [-0.15, -0.1) is 0 Å². The summed E-state index contributed by atoms with van der Waals surface area (Å²) in [6.07, 6.45) is 3.11. The summed E-state index contributed by atoms with van der Waals surface area (Å²) in [6, 6.07) is 17.6. The van der Waals surface area contributed by atoms with Gasteiger partial charge in [0.2, 0.25) is 0 Å². The van der Waals surface area contributed by atoms with Crippen LogP contribution in [-0.4, -0.2) is 46.0 Å². The normalized spacial score (nSPS) is 16.1. The molecule has 4 rings (SSSR count). The standard InChI is InChI=1S/C23H21N3O3/c27-19-8-7-15-12-21(25-13-18(15)11-19)22(28)14-26-23(29)17-5-3-4-16(10-17)20-6-1-2-9-24-20/h1-11,13,21-22,27-28H,12,14H2,(H,26,29)/t21?,22-/m1/s1. The maximum Gasteiger partial charge on any atom is 0.251 e. The fourth-order valence-corrected chi connectivity index (χ4v) is 3.37. The lowest BCUT2D eigenvalue weighted by Gasteiger charge is -2.24. The van der Waals surface area contributed by atoms with Gasteiger partial charge in [-0.25, -0.2) is 0 Å². The van der Waals surface area contributed by atoms with Crippen molar-refractivity contribution >= 4 is 12.1 Å². The van der Waals surface area contributed by atoms with Crippen molar-refractivity contribution in [1.29, 1.82) is 0 Å². The Kier molecular flexibility index (Phi) is 5.35. The van der Waals surface area contributed by atoms with Crippen LogP contribution in [0.25, 0.3) is 11.3 Å². The van der Waals surface area contributed by atoms with E-state index >= 15 is 0 Å². The highest BCUT2D eigenvalue weighted by Crippen LogP contribution is 2.22. The molecule has 1 amide bonds. The third-order valence-electron chi connectivity index (χ3n) is 4.96. The average Bonchev–Trinajstić information content (AvgIpc) is 2.77. The predicted molar refractivity (Wildman–Crippen MR) is 111 cm³/mol. The van der Waals surface area contributed by atoms with Crippen LogP contribution in [0.3, 0.4) is 0 Å². The summed E-state index contributed by atoms with van der Waals surface area (Å²) in [5, 5.41) is 22.8. The number of benzene rings is 2. The molecule has 1 unspecified atom stereocenters. The van der Waals surface area contributed by atoms with Gasteiger partial charge in [-0.3, -0.25) is 14.8 Å². The zero-order valence-corrected chi connectivity index (χ0v) is 15.7. The van der Waals surface area contributed by atoms with E-state index in [0.717, 1.165) is 22.4 Å². The van der Waals surface area contributed by atoms with E-state index in [9.17, 15) is 15.0 Å². The van der Waals surface area contributed by atoms with Crippen molar-refractivity contribution in [2.24, 2.45) is 4.99 Å². The van der Waals surface area contributed by atoms with Crippen LogP contribution in [0.1, 0.15) is 21.5 Å². The largest absolute Gasteiger partial charge is 0.508 e. The maximum atomic E-state index is 12.5. The SMILES string of the molecule is O=C(NC[C@@H](O)C1Cc2ccc(O)cc2C=N1)c1cccc(-c2ccccn2)c1. The Hall–Kier alpha value is -3.51. The summed E-state index contributed by atoms with van der Waals surface area (Å²) in [5.74, 6) is -0.0682. The van der Waals surface area contributed by atoms with Gasteiger partial charge in [0, 0.05) is 30.1 Å². The second kappa shape index (κ2) is 8.24. The van der Waals surface area contributed by atoms with E-state index in [1.165, 1.54) is 0 Å². The van der Waals surface area contributed by atoms with E-state index in [-0.39, 0.29) is 24.2 Å². The van der Waals surface area contributed by atoms with Crippen molar-refractivity contribution in [3.8, 4) is 17.0 Å². The van der Waals surface area contributed by atoms with Gasteiger partial charge >= 0.3 is 0 Å². The Morgan fingerprint density at radius 2 is 2.03 bits per heavy atom. The topological polar surface area (TPSA) is 94.8 Å². The fraction of sp³-hybridized carbons (Fsp3) is 0.174. The first kappa shape index (κ1) is 18.8. The van der Waals surface area contributed by atoms with Gasteiger partial charge in [-0.1, -0.05) is 24.3 Å².